The van der Waals surface area contributed by atoms with E-state index in [0.29, 0.717) is 12.1 Å². The number of nitrogens with zero attached hydrogens (tertiary/aromatic N) is 4. The van der Waals surface area contributed by atoms with Crippen molar-refractivity contribution in [3.8, 4) is 0 Å². The molecule has 2 aromatic rings. The van der Waals surface area contributed by atoms with Gasteiger partial charge >= 0.3 is 0 Å². The van der Waals surface area contributed by atoms with Crippen molar-refractivity contribution in [2.24, 2.45) is 0 Å². The fourth-order valence-electron chi connectivity index (χ4n) is 3.53. The molecule has 7 heteroatoms. The van der Waals surface area contributed by atoms with Crippen molar-refractivity contribution in [1.82, 2.24) is 25.2 Å². The number of aromatic nitrogens is 3. The predicted octanol–water partition coefficient (Wildman–Crippen LogP) is 2.07. The molecule has 0 saturated carbocycles. The number of fused-ring (bicyclic) bond motifs is 1. The van der Waals surface area contributed by atoms with Crippen LogP contribution < -0.4 is 5.32 Å². The van der Waals surface area contributed by atoms with Crippen LogP contribution in [0.4, 0.5) is 0 Å². The number of hydrogen-bond donors (Lipinski definition) is 1. The Bertz CT molecular complexity index is 775. The Morgan fingerprint density at radius 1 is 1.31 bits per heavy atom. The van der Waals surface area contributed by atoms with Crippen LogP contribution in [-0.4, -0.2) is 63.2 Å². The maximum atomic E-state index is 12.6. The molecule has 2 heterocycles. The maximum absolute atomic E-state index is 12.6. The summed E-state index contributed by atoms with van der Waals surface area (Å²) < 4.78 is 7.64. The standard InChI is InChI=1S/C19H29N5O2/c1-6-24-17-8-7-15(9-16(17)21-22-24)18(25)20-12-19(4,5)23-10-13(2)26-14(3)11-23/h7-9,13-14H,6,10-12H2,1-5H3,(H,20,25)/t13-,14-/m1/s1. The van der Waals surface area contributed by atoms with Gasteiger partial charge in [-0.3, -0.25) is 9.69 Å². The molecule has 2 atom stereocenters. The van der Waals surface area contributed by atoms with Crippen LogP contribution in [-0.2, 0) is 11.3 Å². The van der Waals surface area contributed by atoms with Gasteiger partial charge in [0.2, 0.25) is 0 Å². The molecule has 0 spiro atoms. The molecule has 1 fully saturated rings. The summed E-state index contributed by atoms with van der Waals surface area (Å²) in [5.74, 6) is -0.0830. The third-order valence-electron chi connectivity index (χ3n) is 5.03. The summed E-state index contributed by atoms with van der Waals surface area (Å²) >= 11 is 0. The monoisotopic (exact) mass is 359 g/mol. The minimum atomic E-state index is -0.141. The van der Waals surface area contributed by atoms with Crippen molar-refractivity contribution >= 4 is 16.9 Å². The summed E-state index contributed by atoms with van der Waals surface area (Å²) in [6.45, 7) is 13.6. The lowest BCUT2D eigenvalue weighted by Gasteiger charge is -2.45. The Balaban J connectivity index is 1.66. The Kier molecular flexibility index (Phi) is 5.29. The highest BCUT2D eigenvalue weighted by Gasteiger charge is 2.33. The second-order valence-corrected chi connectivity index (χ2v) is 7.77. The molecule has 7 nitrogen and oxygen atoms in total. The molecule has 1 amide bonds. The van der Waals surface area contributed by atoms with E-state index in [2.05, 4.69) is 48.2 Å². The molecule has 1 aromatic heterocycles. The molecule has 1 N–H and O–H groups in total. The number of carbonyl (C=O) groups is 1. The van der Waals surface area contributed by atoms with E-state index in [1.807, 2.05) is 23.7 Å². The lowest BCUT2D eigenvalue weighted by atomic mass is 10.00. The van der Waals surface area contributed by atoms with Crippen LogP contribution in [0.1, 0.15) is 45.0 Å². The number of carbonyl (C=O) groups excluding carboxylic acids is 1. The van der Waals surface area contributed by atoms with Gasteiger partial charge in [-0.15, -0.1) is 5.10 Å². The highest BCUT2D eigenvalue weighted by molar-refractivity contribution is 5.97. The molecular formula is C19H29N5O2. The minimum Gasteiger partial charge on any atom is -0.373 e. The van der Waals surface area contributed by atoms with E-state index in [1.165, 1.54) is 0 Å². The van der Waals surface area contributed by atoms with Crippen molar-refractivity contribution in [2.75, 3.05) is 19.6 Å². The SMILES string of the molecule is CCn1nnc2cc(C(=O)NCC(C)(C)N3C[C@@H](C)O[C@H](C)C3)ccc21. The van der Waals surface area contributed by atoms with Crippen molar-refractivity contribution in [2.45, 2.75) is 58.9 Å². The zero-order chi connectivity index (χ0) is 18.9. The van der Waals surface area contributed by atoms with Crippen molar-refractivity contribution in [3.63, 3.8) is 0 Å². The summed E-state index contributed by atoms with van der Waals surface area (Å²) in [6, 6.07) is 5.54. The Morgan fingerprint density at radius 3 is 2.65 bits per heavy atom. The third kappa shape index (κ3) is 3.88. The Labute approximate surface area is 154 Å². The number of ether oxygens (including phenoxy) is 1. The first-order chi connectivity index (χ1) is 12.3. The molecule has 0 bridgehead atoms. The summed E-state index contributed by atoms with van der Waals surface area (Å²) in [6.07, 6.45) is 0.412. The van der Waals surface area contributed by atoms with E-state index < -0.39 is 0 Å². The van der Waals surface area contributed by atoms with Gasteiger partial charge in [0.05, 0.1) is 17.7 Å². The first-order valence-electron chi connectivity index (χ1n) is 9.32. The van der Waals surface area contributed by atoms with Gasteiger partial charge in [-0.1, -0.05) is 5.21 Å². The number of rotatable bonds is 5. The van der Waals surface area contributed by atoms with Crippen LogP contribution in [0, 0.1) is 0 Å². The summed E-state index contributed by atoms with van der Waals surface area (Å²) in [5, 5.41) is 11.3. The van der Waals surface area contributed by atoms with E-state index in [1.54, 1.807) is 6.07 Å². The van der Waals surface area contributed by atoms with Gasteiger partial charge in [-0.25, -0.2) is 4.68 Å². The van der Waals surface area contributed by atoms with Crippen LogP contribution in [0.25, 0.3) is 11.0 Å². The van der Waals surface area contributed by atoms with Crippen LogP contribution >= 0.6 is 0 Å². The number of benzene rings is 1. The number of amides is 1. The minimum absolute atomic E-state index is 0.0830. The molecule has 1 aromatic carbocycles. The Morgan fingerprint density at radius 2 is 2.00 bits per heavy atom. The fourth-order valence-corrected chi connectivity index (χ4v) is 3.53. The molecule has 0 aliphatic carbocycles. The summed E-state index contributed by atoms with van der Waals surface area (Å²) in [4.78, 5) is 15.0. The zero-order valence-corrected chi connectivity index (χ0v) is 16.3. The van der Waals surface area contributed by atoms with Gasteiger partial charge in [-0.05, 0) is 52.8 Å². The molecular weight excluding hydrogens is 330 g/mol. The van der Waals surface area contributed by atoms with Crippen molar-refractivity contribution in [1.29, 1.82) is 0 Å². The highest BCUT2D eigenvalue weighted by Crippen LogP contribution is 2.21. The van der Waals surface area contributed by atoms with Gasteiger partial charge in [0.25, 0.3) is 5.91 Å². The Hall–Kier alpha value is -1.99. The number of hydrogen-bond acceptors (Lipinski definition) is 5. The van der Waals surface area contributed by atoms with Crippen molar-refractivity contribution in [3.05, 3.63) is 23.8 Å². The first-order valence-corrected chi connectivity index (χ1v) is 9.32. The number of nitrogens with one attached hydrogen (secondary N) is 1. The molecule has 0 radical (unpaired) electrons. The smallest absolute Gasteiger partial charge is 0.251 e. The molecule has 142 valence electrons. The van der Waals surface area contributed by atoms with Gasteiger partial charge in [0.15, 0.2) is 0 Å². The number of aryl methyl sites for hydroxylation is 1. The lowest BCUT2D eigenvalue weighted by molar-refractivity contribution is -0.0948. The fraction of sp³-hybridized carbons (Fsp3) is 0.632. The maximum Gasteiger partial charge on any atom is 0.251 e. The van der Waals surface area contributed by atoms with E-state index >= 15 is 0 Å². The van der Waals surface area contributed by atoms with E-state index in [9.17, 15) is 4.79 Å². The highest BCUT2D eigenvalue weighted by atomic mass is 16.5. The van der Waals surface area contributed by atoms with Crippen LogP contribution in [0.3, 0.4) is 0 Å². The van der Waals surface area contributed by atoms with Crippen LogP contribution in [0.2, 0.25) is 0 Å². The lowest BCUT2D eigenvalue weighted by Crippen LogP contribution is -2.58. The summed E-state index contributed by atoms with van der Waals surface area (Å²) in [7, 11) is 0. The zero-order valence-electron chi connectivity index (χ0n) is 16.3. The topological polar surface area (TPSA) is 72.3 Å². The quantitative estimate of drug-likeness (QED) is 0.885. The molecule has 1 saturated heterocycles. The van der Waals surface area contributed by atoms with Gasteiger partial charge in [0.1, 0.15) is 5.52 Å². The van der Waals surface area contributed by atoms with Gasteiger partial charge < -0.3 is 10.1 Å². The van der Waals surface area contributed by atoms with Crippen LogP contribution in [0.15, 0.2) is 18.2 Å². The average Bonchev–Trinajstić information content (AvgIpc) is 3.01. The van der Waals surface area contributed by atoms with Gasteiger partial charge in [0, 0.05) is 37.3 Å². The number of morpholine rings is 1. The molecule has 1 aliphatic heterocycles. The van der Waals surface area contributed by atoms with Gasteiger partial charge in [-0.2, -0.15) is 0 Å². The normalized spacial score (nSPS) is 21.9. The predicted molar refractivity (Wildman–Crippen MR) is 101 cm³/mol. The third-order valence-corrected chi connectivity index (χ3v) is 5.03. The van der Waals surface area contributed by atoms with E-state index in [-0.39, 0.29) is 23.7 Å². The second kappa shape index (κ2) is 7.32. The van der Waals surface area contributed by atoms with Crippen LogP contribution in [0.5, 0.6) is 0 Å². The van der Waals surface area contributed by atoms with E-state index in [0.717, 1.165) is 30.7 Å². The van der Waals surface area contributed by atoms with Crippen molar-refractivity contribution < 1.29 is 9.53 Å². The average molecular weight is 359 g/mol. The molecule has 26 heavy (non-hydrogen) atoms. The first kappa shape index (κ1) is 18.8. The largest absolute Gasteiger partial charge is 0.373 e. The molecule has 3 rings (SSSR count). The molecule has 0 unspecified atom stereocenters. The second-order valence-electron chi connectivity index (χ2n) is 7.77. The summed E-state index contributed by atoms with van der Waals surface area (Å²) in [5.41, 5.74) is 2.16. The molecule has 1 aliphatic rings. The van der Waals surface area contributed by atoms with E-state index in [4.69, 9.17) is 4.74 Å².